The van der Waals surface area contributed by atoms with E-state index in [1.807, 2.05) is 12.1 Å². The molecule has 0 N–H and O–H groups in total. The zero-order valence-electron chi connectivity index (χ0n) is 15.6. The number of hydrogen-bond donors (Lipinski definition) is 0. The lowest BCUT2D eigenvalue weighted by molar-refractivity contribution is 0.229. The Morgan fingerprint density at radius 2 is 1.62 bits per heavy atom. The summed E-state index contributed by atoms with van der Waals surface area (Å²) in [6.45, 7) is 2.61. The van der Waals surface area contributed by atoms with E-state index in [0.29, 0.717) is 6.61 Å². The van der Waals surface area contributed by atoms with Crippen molar-refractivity contribution in [3.05, 3.63) is 72.3 Å². The van der Waals surface area contributed by atoms with Crippen molar-refractivity contribution in [2.24, 2.45) is 0 Å². The van der Waals surface area contributed by atoms with E-state index in [2.05, 4.69) is 73.0 Å². The Balaban J connectivity index is 2.11. The molecule has 1 unspecified atom stereocenters. The third kappa shape index (κ3) is 4.34. The van der Waals surface area contributed by atoms with Crippen molar-refractivity contribution < 1.29 is 9.16 Å². The maximum Gasteiger partial charge on any atom is 0.337 e. The molecule has 1 aliphatic carbocycles. The van der Waals surface area contributed by atoms with Crippen LogP contribution in [-0.4, -0.2) is 28.1 Å². The average molecular weight is 363 g/mol. The quantitative estimate of drug-likeness (QED) is 0.461. The lowest BCUT2D eigenvalue weighted by Crippen LogP contribution is -2.61. The van der Waals surface area contributed by atoms with Gasteiger partial charge in [-0.15, -0.1) is 0 Å². The molecule has 2 nitrogen and oxygen atoms in total. The van der Waals surface area contributed by atoms with E-state index in [-0.39, 0.29) is 6.10 Å². The van der Waals surface area contributed by atoms with Crippen LogP contribution in [0.25, 0.3) is 0 Å². The second kappa shape index (κ2) is 9.00. The van der Waals surface area contributed by atoms with E-state index in [4.69, 9.17) is 9.16 Å². The van der Waals surface area contributed by atoms with Gasteiger partial charge >= 0.3 is 8.32 Å². The Morgan fingerprint density at radius 3 is 2.15 bits per heavy atom. The lowest BCUT2D eigenvalue weighted by atomic mass is 9.99. The second-order valence-corrected chi connectivity index (χ2v) is 9.71. The van der Waals surface area contributed by atoms with Crippen molar-refractivity contribution in [2.45, 2.75) is 32.3 Å². The van der Waals surface area contributed by atoms with Gasteiger partial charge in [-0.3, -0.25) is 0 Å². The number of methoxy groups -OCH3 is 1. The SMILES string of the molecule is COCC#C[Si](OC1C=C(C)CCC1)(c1ccccc1)c1ccccc1. The maximum absolute atomic E-state index is 6.90. The first-order chi connectivity index (χ1) is 12.7. The topological polar surface area (TPSA) is 18.5 Å². The largest absolute Gasteiger partial charge is 0.392 e. The van der Waals surface area contributed by atoms with Gasteiger partial charge in [0.2, 0.25) is 0 Å². The minimum absolute atomic E-state index is 0.118. The molecule has 0 aromatic heterocycles. The summed E-state index contributed by atoms with van der Waals surface area (Å²) in [5.41, 5.74) is 4.95. The zero-order valence-corrected chi connectivity index (χ0v) is 16.6. The summed E-state index contributed by atoms with van der Waals surface area (Å²) in [5, 5.41) is 2.37. The Hall–Kier alpha value is -2.12. The molecule has 0 radical (unpaired) electrons. The van der Waals surface area contributed by atoms with Crippen molar-refractivity contribution in [2.75, 3.05) is 13.7 Å². The smallest absolute Gasteiger partial charge is 0.337 e. The van der Waals surface area contributed by atoms with Crippen LogP contribution in [0.2, 0.25) is 0 Å². The molecule has 26 heavy (non-hydrogen) atoms. The second-order valence-electron chi connectivity index (χ2n) is 6.71. The van der Waals surface area contributed by atoms with E-state index in [0.717, 1.165) is 6.42 Å². The van der Waals surface area contributed by atoms with Crippen LogP contribution in [0.1, 0.15) is 26.2 Å². The number of benzene rings is 2. The Bertz CT molecular complexity index is 748. The highest BCUT2D eigenvalue weighted by atomic mass is 28.4. The van der Waals surface area contributed by atoms with Gasteiger partial charge in [0.1, 0.15) is 6.61 Å². The Kier molecular flexibility index (Phi) is 6.46. The van der Waals surface area contributed by atoms with Crippen molar-refractivity contribution in [1.29, 1.82) is 0 Å². The molecule has 1 atom stereocenters. The van der Waals surface area contributed by atoms with Gasteiger partial charge in [0.15, 0.2) is 0 Å². The fourth-order valence-corrected chi connectivity index (χ4v) is 6.68. The highest BCUT2D eigenvalue weighted by Crippen LogP contribution is 2.23. The minimum atomic E-state index is -2.69. The molecule has 3 heteroatoms. The standard InChI is InChI=1S/C23H26O2Si/c1-20-11-9-12-21(19-20)25-26(18-10-17-24-2,22-13-5-3-6-14-22)23-15-7-4-8-16-23/h3-8,13-16,19,21H,9,11-12,17H2,1-2H3. The van der Waals surface area contributed by atoms with Crippen LogP contribution in [0, 0.1) is 11.5 Å². The molecule has 0 fully saturated rings. The van der Waals surface area contributed by atoms with E-state index in [9.17, 15) is 0 Å². The van der Waals surface area contributed by atoms with E-state index < -0.39 is 8.32 Å². The number of ether oxygens (including phenoxy) is 1. The van der Waals surface area contributed by atoms with Crippen LogP contribution in [-0.2, 0) is 9.16 Å². The van der Waals surface area contributed by atoms with Gasteiger partial charge < -0.3 is 9.16 Å². The molecule has 0 saturated carbocycles. The number of allylic oxidation sites excluding steroid dienone is 1. The van der Waals surface area contributed by atoms with Crippen LogP contribution < -0.4 is 10.4 Å². The van der Waals surface area contributed by atoms with Crippen molar-refractivity contribution >= 4 is 18.7 Å². The summed E-state index contributed by atoms with van der Waals surface area (Å²) in [7, 11) is -1.01. The Morgan fingerprint density at radius 1 is 1.00 bits per heavy atom. The van der Waals surface area contributed by atoms with Gasteiger partial charge in [0, 0.05) is 7.11 Å². The van der Waals surface area contributed by atoms with E-state index in [1.54, 1.807) is 7.11 Å². The highest BCUT2D eigenvalue weighted by molar-refractivity contribution is 7.03. The van der Waals surface area contributed by atoms with Crippen LogP contribution >= 0.6 is 0 Å². The lowest BCUT2D eigenvalue weighted by Gasteiger charge is -2.32. The molecular weight excluding hydrogens is 336 g/mol. The van der Waals surface area contributed by atoms with Crippen LogP contribution in [0.5, 0.6) is 0 Å². The van der Waals surface area contributed by atoms with Gasteiger partial charge in [-0.2, -0.15) is 0 Å². The third-order valence-electron chi connectivity index (χ3n) is 4.70. The average Bonchev–Trinajstić information content (AvgIpc) is 2.69. The maximum atomic E-state index is 6.90. The minimum Gasteiger partial charge on any atom is -0.392 e. The predicted octanol–water partition coefficient (Wildman–Crippen LogP) is 3.45. The molecule has 0 spiro atoms. The summed E-state index contributed by atoms with van der Waals surface area (Å²) in [5.74, 6) is 3.22. The summed E-state index contributed by atoms with van der Waals surface area (Å²) in [4.78, 5) is 0. The van der Waals surface area contributed by atoms with E-state index >= 15 is 0 Å². The summed E-state index contributed by atoms with van der Waals surface area (Å²) < 4.78 is 12.1. The van der Waals surface area contributed by atoms with E-state index in [1.165, 1.54) is 28.8 Å². The zero-order chi connectivity index (χ0) is 18.2. The van der Waals surface area contributed by atoms with Gasteiger partial charge in [-0.05, 0) is 36.6 Å². The van der Waals surface area contributed by atoms with Gasteiger partial charge in [-0.25, -0.2) is 0 Å². The molecule has 2 aromatic carbocycles. The summed E-state index contributed by atoms with van der Waals surface area (Å²) >= 11 is 0. The normalized spacial score (nSPS) is 17.2. The van der Waals surface area contributed by atoms with Crippen LogP contribution in [0.15, 0.2) is 72.3 Å². The molecule has 0 aliphatic heterocycles. The van der Waals surface area contributed by atoms with Gasteiger partial charge in [-0.1, -0.05) is 83.8 Å². The first kappa shape index (κ1) is 18.7. The van der Waals surface area contributed by atoms with Crippen molar-refractivity contribution in [3.8, 4) is 11.5 Å². The molecule has 1 aliphatic rings. The monoisotopic (exact) mass is 362 g/mol. The Labute approximate surface area is 158 Å². The van der Waals surface area contributed by atoms with Gasteiger partial charge in [0.25, 0.3) is 0 Å². The fourth-order valence-electron chi connectivity index (χ4n) is 3.44. The molecular formula is C23H26O2Si. The van der Waals surface area contributed by atoms with Crippen LogP contribution in [0.4, 0.5) is 0 Å². The van der Waals surface area contributed by atoms with Crippen LogP contribution in [0.3, 0.4) is 0 Å². The molecule has 134 valence electrons. The molecule has 0 bridgehead atoms. The predicted molar refractivity (Wildman–Crippen MR) is 110 cm³/mol. The first-order valence-corrected chi connectivity index (χ1v) is 11.1. The fraction of sp³-hybridized carbons (Fsp3) is 0.304. The van der Waals surface area contributed by atoms with Crippen molar-refractivity contribution in [3.63, 3.8) is 0 Å². The summed E-state index contributed by atoms with van der Waals surface area (Å²) in [6, 6.07) is 21.0. The molecule has 3 rings (SSSR count). The molecule has 2 aromatic rings. The number of hydrogen-bond acceptors (Lipinski definition) is 2. The molecule has 0 heterocycles. The molecule has 0 saturated heterocycles. The van der Waals surface area contributed by atoms with Gasteiger partial charge in [0.05, 0.1) is 6.10 Å². The summed E-state index contributed by atoms with van der Waals surface area (Å²) in [6.07, 6.45) is 5.80. The third-order valence-corrected chi connectivity index (χ3v) is 8.18. The number of rotatable bonds is 5. The molecule has 0 amide bonds. The highest BCUT2D eigenvalue weighted by Gasteiger charge is 2.40. The first-order valence-electron chi connectivity index (χ1n) is 9.20. The van der Waals surface area contributed by atoms with Crippen molar-refractivity contribution in [1.82, 2.24) is 0 Å².